The summed E-state index contributed by atoms with van der Waals surface area (Å²) in [5, 5.41) is 18.1. The number of pyridine rings is 1. The lowest BCUT2D eigenvalue weighted by Crippen LogP contribution is -2.29. The van der Waals surface area contributed by atoms with Gasteiger partial charge in [0.1, 0.15) is 11.4 Å². The number of aromatic nitrogens is 1. The van der Waals surface area contributed by atoms with Crippen molar-refractivity contribution in [2.75, 3.05) is 25.0 Å². The van der Waals surface area contributed by atoms with Crippen molar-refractivity contribution in [3.05, 3.63) is 87.6 Å². The normalized spacial score (nSPS) is 14.9. The van der Waals surface area contributed by atoms with Crippen LogP contribution in [0.3, 0.4) is 0 Å². The molecule has 32 heavy (non-hydrogen) atoms. The van der Waals surface area contributed by atoms with Crippen LogP contribution in [0.2, 0.25) is 0 Å². The van der Waals surface area contributed by atoms with Gasteiger partial charge in [0.2, 0.25) is 0 Å². The number of hydrogen-bond donors (Lipinski definition) is 4. The number of aliphatic hydroxyl groups excluding tert-OH is 1. The van der Waals surface area contributed by atoms with E-state index in [-0.39, 0.29) is 24.0 Å². The SMILES string of the molecule is Cn1cc(CNCCO)cc(C(=O)Nc2cccc(-c3ccccc3F)c2C2CN2)c1=O. The van der Waals surface area contributed by atoms with Crippen LogP contribution in [-0.2, 0) is 13.6 Å². The molecule has 0 aliphatic carbocycles. The third-order valence-corrected chi connectivity index (χ3v) is 5.38. The van der Waals surface area contributed by atoms with Gasteiger partial charge in [-0.3, -0.25) is 9.59 Å². The van der Waals surface area contributed by atoms with Crippen molar-refractivity contribution in [3.8, 4) is 11.1 Å². The second-order valence-electron chi connectivity index (χ2n) is 7.74. The largest absolute Gasteiger partial charge is 0.395 e. The minimum absolute atomic E-state index is 0.00189. The smallest absolute Gasteiger partial charge is 0.263 e. The Balaban J connectivity index is 1.68. The molecule has 0 radical (unpaired) electrons. The van der Waals surface area contributed by atoms with Gasteiger partial charge >= 0.3 is 0 Å². The topological polar surface area (TPSA) is 105 Å². The highest BCUT2D eigenvalue weighted by Crippen LogP contribution is 2.38. The lowest BCUT2D eigenvalue weighted by atomic mass is 9.95. The van der Waals surface area contributed by atoms with Gasteiger partial charge in [0, 0.05) is 55.7 Å². The number of rotatable bonds is 8. The van der Waals surface area contributed by atoms with Crippen molar-refractivity contribution in [2.24, 2.45) is 7.05 Å². The lowest BCUT2D eigenvalue weighted by molar-refractivity contribution is 0.102. The summed E-state index contributed by atoms with van der Waals surface area (Å²) in [4.78, 5) is 25.7. The van der Waals surface area contributed by atoms with Crippen molar-refractivity contribution in [1.82, 2.24) is 15.2 Å². The fraction of sp³-hybridized carbons (Fsp3) is 0.250. The van der Waals surface area contributed by atoms with Crippen molar-refractivity contribution in [1.29, 1.82) is 0 Å². The van der Waals surface area contributed by atoms with E-state index in [4.69, 9.17) is 5.11 Å². The molecule has 1 saturated heterocycles. The first kappa shape index (κ1) is 21.9. The zero-order chi connectivity index (χ0) is 22.7. The molecule has 1 atom stereocenters. The van der Waals surface area contributed by atoms with Gasteiger partial charge in [0.25, 0.3) is 11.5 Å². The number of carbonyl (C=O) groups is 1. The predicted octanol–water partition coefficient (Wildman–Crippen LogP) is 2.17. The van der Waals surface area contributed by atoms with Crippen LogP contribution in [0.1, 0.15) is 27.5 Å². The van der Waals surface area contributed by atoms with E-state index < -0.39 is 11.5 Å². The molecule has 2 heterocycles. The summed E-state index contributed by atoms with van der Waals surface area (Å²) in [7, 11) is 1.59. The molecule has 166 valence electrons. The molecule has 1 fully saturated rings. The number of aliphatic hydroxyl groups is 1. The first-order valence-corrected chi connectivity index (χ1v) is 10.4. The van der Waals surface area contributed by atoms with E-state index in [1.54, 1.807) is 49.6 Å². The summed E-state index contributed by atoms with van der Waals surface area (Å²) in [6, 6.07) is 13.4. The molecule has 1 aromatic heterocycles. The molecule has 1 unspecified atom stereocenters. The molecule has 1 aliphatic heterocycles. The van der Waals surface area contributed by atoms with Crippen LogP contribution >= 0.6 is 0 Å². The van der Waals surface area contributed by atoms with E-state index in [1.807, 2.05) is 6.07 Å². The maximum atomic E-state index is 14.5. The molecule has 0 spiro atoms. The summed E-state index contributed by atoms with van der Waals surface area (Å²) in [6.07, 6.45) is 1.65. The van der Waals surface area contributed by atoms with E-state index in [2.05, 4.69) is 16.0 Å². The van der Waals surface area contributed by atoms with Gasteiger partial charge in [0.05, 0.1) is 6.61 Å². The molecular weight excluding hydrogens is 411 g/mol. The Bertz CT molecular complexity index is 1200. The third kappa shape index (κ3) is 4.62. The number of amides is 1. The van der Waals surface area contributed by atoms with Gasteiger partial charge in [0.15, 0.2) is 0 Å². The number of benzene rings is 2. The van der Waals surface area contributed by atoms with Gasteiger partial charge in [-0.15, -0.1) is 0 Å². The Morgan fingerprint density at radius 3 is 2.69 bits per heavy atom. The van der Waals surface area contributed by atoms with E-state index in [0.717, 1.165) is 17.7 Å². The lowest BCUT2D eigenvalue weighted by Gasteiger charge is -2.16. The summed E-state index contributed by atoms with van der Waals surface area (Å²) in [5.74, 6) is -0.864. The van der Waals surface area contributed by atoms with Crippen molar-refractivity contribution in [3.63, 3.8) is 0 Å². The average molecular weight is 436 g/mol. The van der Waals surface area contributed by atoms with E-state index in [1.165, 1.54) is 10.6 Å². The van der Waals surface area contributed by atoms with Crippen LogP contribution in [-0.4, -0.2) is 35.3 Å². The highest BCUT2D eigenvalue weighted by atomic mass is 19.1. The number of aryl methyl sites for hydroxylation is 1. The molecule has 0 bridgehead atoms. The highest BCUT2D eigenvalue weighted by Gasteiger charge is 2.30. The quantitative estimate of drug-likeness (QED) is 0.320. The minimum atomic E-state index is -0.526. The monoisotopic (exact) mass is 436 g/mol. The Morgan fingerprint density at radius 2 is 1.97 bits per heavy atom. The molecule has 7 nitrogen and oxygen atoms in total. The second-order valence-corrected chi connectivity index (χ2v) is 7.74. The zero-order valence-corrected chi connectivity index (χ0v) is 17.7. The van der Waals surface area contributed by atoms with E-state index >= 15 is 0 Å². The fourth-order valence-corrected chi connectivity index (χ4v) is 3.77. The van der Waals surface area contributed by atoms with E-state index in [9.17, 15) is 14.0 Å². The van der Waals surface area contributed by atoms with Crippen LogP contribution in [0.4, 0.5) is 10.1 Å². The number of hydrogen-bond acceptors (Lipinski definition) is 5. The van der Waals surface area contributed by atoms with Crippen LogP contribution in [0.5, 0.6) is 0 Å². The van der Waals surface area contributed by atoms with Gasteiger partial charge in [-0.1, -0.05) is 30.3 Å². The number of anilines is 1. The molecular formula is C24H25FN4O3. The minimum Gasteiger partial charge on any atom is -0.395 e. The molecule has 0 saturated carbocycles. The molecule has 3 aromatic rings. The number of halogens is 1. The van der Waals surface area contributed by atoms with Crippen LogP contribution in [0.15, 0.2) is 59.5 Å². The molecule has 8 heteroatoms. The first-order valence-electron chi connectivity index (χ1n) is 10.4. The molecule has 1 amide bonds. The zero-order valence-electron chi connectivity index (χ0n) is 17.7. The van der Waals surface area contributed by atoms with Gasteiger partial charge in [-0.2, -0.15) is 0 Å². The maximum absolute atomic E-state index is 14.5. The van der Waals surface area contributed by atoms with Crippen molar-refractivity contribution < 1.29 is 14.3 Å². The Kier molecular flexibility index (Phi) is 6.45. The summed E-state index contributed by atoms with van der Waals surface area (Å²) in [5.41, 5.74) is 2.84. The summed E-state index contributed by atoms with van der Waals surface area (Å²) >= 11 is 0. The van der Waals surface area contributed by atoms with Crippen molar-refractivity contribution in [2.45, 2.75) is 12.6 Å². The Labute approximate surface area is 184 Å². The van der Waals surface area contributed by atoms with Gasteiger partial charge < -0.3 is 25.6 Å². The number of nitrogens with zero attached hydrogens (tertiary/aromatic N) is 1. The number of nitrogens with one attached hydrogen (secondary N) is 3. The average Bonchev–Trinajstić information content (AvgIpc) is 3.61. The maximum Gasteiger partial charge on any atom is 0.263 e. The first-order chi connectivity index (χ1) is 15.5. The predicted molar refractivity (Wildman–Crippen MR) is 121 cm³/mol. The highest BCUT2D eigenvalue weighted by molar-refractivity contribution is 6.05. The summed E-state index contributed by atoms with van der Waals surface area (Å²) < 4.78 is 15.9. The van der Waals surface area contributed by atoms with Crippen molar-refractivity contribution >= 4 is 11.6 Å². The molecule has 4 N–H and O–H groups in total. The van der Waals surface area contributed by atoms with Crippen LogP contribution < -0.4 is 21.5 Å². The molecule has 2 aromatic carbocycles. The molecule has 4 rings (SSSR count). The standard InChI is InChI=1S/C24H25FN4O3/c1-29-14-15(12-26-9-10-30)11-18(24(29)32)23(31)28-20-8-4-6-17(22(20)21-13-27-21)16-5-2-3-7-19(16)25/h2-8,11,14,21,26-27,30H,9-10,12-13H2,1H3,(H,28,31). The number of carbonyl (C=O) groups excluding carboxylic acids is 1. The van der Waals surface area contributed by atoms with E-state index in [0.29, 0.717) is 29.9 Å². The fourth-order valence-electron chi connectivity index (χ4n) is 3.77. The second kappa shape index (κ2) is 9.44. The summed E-state index contributed by atoms with van der Waals surface area (Å²) in [6.45, 7) is 1.54. The van der Waals surface area contributed by atoms with Gasteiger partial charge in [-0.05, 0) is 29.3 Å². The van der Waals surface area contributed by atoms with Gasteiger partial charge in [-0.25, -0.2) is 4.39 Å². The Hall–Kier alpha value is -3.33. The van der Waals surface area contributed by atoms with Crippen LogP contribution in [0, 0.1) is 5.82 Å². The molecule has 1 aliphatic rings. The third-order valence-electron chi connectivity index (χ3n) is 5.38. The van der Waals surface area contributed by atoms with Crippen LogP contribution in [0.25, 0.3) is 11.1 Å². The Morgan fingerprint density at radius 1 is 1.22 bits per heavy atom.